The lowest BCUT2D eigenvalue weighted by molar-refractivity contribution is -0.137. The van der Waals surface area contributed by atoms with Crippen molar-refractivity contribution < 1.29 is 17.9 Å². The summed E-state index contributed by atoms with van der Waals surface area (Å²) in [6.07, 6.45) is -3.53. The van der Waals surface area contributed by atoms with Crippen LogP contribution in [-0.4, -0.2) is 64.9 Å². The summed E-state index contributed by atoms with van der Waals surface area (Å²) in [5.74, 6) is 0.311. The topological polar surface area (TPSA) is 84.8 Å². The summed E-state index contributed by atoms with van der Waals surface area (Å²) in [4.78, 5) is 12.5. The molecule has 0 aliphatic carbocycles. The summed E-state index contributed by atoms with van der Waals surface area (Å²) in [7, 11) is 3.91. The summed E-state index contributed by atoms with van der Waals surface area (Å²) < 4.78 is 48.3. The number of hydrogen-bond acceptors (Lipinski definition) is 7. The fraction of sp³-hybridized carbons (Fsp3) is 0.450. The van der Waals surface area contributed by atoms with Crippen molar-refractivity contribution in [1.82, 2.24) is 24.5 Å². The number of halogens is 3. The molecular weight excluding hydrogens is 411 g/mol. The maximum atomic E-state index is 13.7. The lowest BCUT2D eigenvalue weighted by atomic mass is 10.1. The molecule has 0 spiro atoms. The van der Waals surface area contributed by atoms with Crippen molar-refractivity contribution in [3.05, 3.63) is 35.2 Å². The van der Waals surface area contributed by atoms with E-state index in [1.54, 1.807) is 4.52 Å². The molecule has 31 heavy (non-hydrogen) atoms. The second kappa shape index (κ2) is 7.97. The summed E-state index contributed by atoms with van der Waals surface area (Å²) in [6.45, 7) is 4.79. The Morgan fingerprint density at radius 3 is 2.55 bits per heavy atom. The van der Waals surface area contributed by atoms with Gasteiger partial charge in [-0.05, 0) is 38.7 Å². The van der Waals surface area contributed by atoms with Crippen LogP contribution in [0.25, 0.3) is 16.9 Å². The summed E-state index contributed by atoms with van der Waals surface area (Å²) in [5.41, 5.74) is 7.03. The monoisotopic (exact) mass is 435 g/mol. The van der Waals surface area contributed by atoms with Crippen LogP contribution in [0.1, 0.15) is 16.8 Å². The van der Waals surface area contributed by atoms with Gasteiger partial charge in [-0.2, -0.15) is 13.2 Å². The number of aromatic nitrogens is 4. The number of hydrogen-bond donors (Lipinski definition) is 1. The zero-order chi connectivity index (χ0) is 22.3. The smallest absolute Gasteiger partial charge is 0.384 e. The second-order valence-electron chi connectivity index (χ2n) is 7.80. The Morgan fingerprint density at radius 2 is 1.90 bits per heavy atom. The Labute approximate surface area is 177 Å². The maximum Gasteiger partial charge on any atom is 0.417 e. The number of pyridine rings is 1. The molecule has 1 saturated heterocycles. The average Bonchev–Trinajstić information content (AvgIpc) is 3.02. The molecule has 4 rings (SSSR count). The Bertz CT molecular complexity index is 1100. The molecule has 0 unspecified atom stereocenters. The molecule has 1 aliphatic heterocycles. The van der Waals surface area contributed by atoms with Crippen LogP contribution in [0.2, 0.25) is 0 Å². The number of anilines is 2. The highest BCUT2D eigenvalue weighted by atomic mass is 19.4. The molecule has 0 atom stereocenters. The van der Waals surface area contributed by atoms with Gasteiger partial charge < -0.3 is 20.3 Å². The number of ether oxygens (including phenoxy) is 1. The van der Waals surface area contributed by atoms with Gasteiger partial charge in [-0.1, -0.05) is 0 Å². The molecule has 2 N–H and O–H groups in total. The van der Waals surface area contributed by atoms with Crippen LogP contribution >= 0.6 is 0 Å². The van der Waals surface area contributed by atoms with E-state index in [-0.39, 0.29) is 17.2 Å². The third kappa shape index (κ3) is 4.15. The highest BCUT2D eigenvalue weighted by Gasteiger charge is 2.35. The van der Waals surface area contributed by atoms with Gasteiger partial charge >= 0.3 is 6.18 Å². The third-order valence-corrected chi connectivity index (χ3v) is 5.23. The van der Waals surface area contributed by atoms with E-state index in [2.05, 4.69) is 15.1 Å². The van der Waals surface area contributed by atoms with Gasteiger partial charge in [0.1, 0.15) is 11.3 Å². The van der Waals surface area contributed by atoms with Crippen LogP contribution in [0.5, 0.6) is 0 Å². The molecule has 0 saturated carbocycles. The number of rotatable bonds is 4. The first-order valence-corrected chi connectivity index (χ1v) is 9.85. The molecule has 11 heteroatoms. The SMILES string of the molecule is Cc1c(CN(C)C)cc2c(N3CCOCC3)nc(-c3cnc(N)cc3C(F)(F)F)nn12. The van der Waals surface area contributed by atoms with Crippen molar-refractivity contribution in [3.63, 3.8) is 0 Å². The number of aryl methyl sites for hydroxylation is 1. The molecule has 166 valence electrons. The van der Waals surface area contributed by atoms with E-state index in [0.29, 0.717) is 38.7 Å². The van der Waals surface area contributed by atoms with Crippen molar-refractivity contribution in [3.8, 4) is 11.4 Å². The molecule has 3 aromatic rings. The van der Waals surface area contributed by atoms with Crippen molar-refractivity contribution in [2.45, 2.75) is 19.6 Å². The van der Waals surface area contributed by atoms with Crippen LogP contribution < -0.4 is 10.6 Å². The number of fused-ring (bicyclic) bond motifs is 1. The van der Waals surface area contributed by atoms with E-state index >= 15 is 0 Å². The maximum absolute atomic E-state index is 13.7. The normalized spacial score (nSPS) is 15.3. The minimum atomic E-state index is -4.62. The fourth-order valence-electron chi connectivity index (χ4n) is 3.72. The van der Waals surface area contributed by atoms with Gasteiger partial charge in [0, 0.05) is 31.5 Å². The van der Waals surface area contributed by atoms with Gasteiger partial charge in [0.25, 0.3) is 0 Å². The molecule has 4 heterocycles. The largest absolute Gasteiger partial charge is 0.417 e. The van der Waals surface area contributed by atoms with Crippen molar-refractivity contribution >= 4 is 17.2 Å². The highest BCUT2D eigenvalue weighted by Crippen LogP contribution is 2.37. The quantitative estimate of drug-likeness (QED) is 0.674. The zero-order valence-corrected chi connectivity index (χ0v) is 17.6. The molecule has 8 nitrogen and oxygen atoms in total. The Kier molecular flexibility index (Phi) is 5.48. The van der Waals surface area contributed by atoms with Crippen LogP contribution in [0.3, 0.4) is 0 Å². The Morgan fingerprint density at radius 1 is 1.19 bits per heavy atom. The minimum Gasteiger partial charge on any atom is -0.384 e. The predicted octanol–water partition coefficient (Wildman–Crippen LogP) is 2.60. The molecule has 0 radical (unpaired) electrons. The number of morpholine rings is 1. The standard InChI is InChI=1S/C20H24F3N7O/c1-12-13(11-28(2)3)8-16-19(29-4-6-31-7-5-29)26-18(27-30(12)16)14-10-25-17(24)9-15(14)20(21,22)23/h8-10H,4-7,11H2,1-3H3,(H2,24,25). The summed E-state index contributed by atoms with van der Waals surface area (Å²) in [6, 6.07) is 2.81. The Hall–Kier alpha value is -2.92. The molecule has 0 aromatic carbocycles. The minimum absolute atomic E-state index is 0.0519. The molecule has 1 fully saturated rings. The first-order valence-electron chi connectivity index (χ1n) is 9.85. The van der Waals surface area contributed by atoms with Gasteiger partial charge in [-0.25, -0.2) is 14.5 Å². The molecule has 1 aliphatic rings. The van der Waals surface area contributed by atoms with Crippen LogP contribution in [-0.2, 0) is 17.5 Å². The van der Waals surface area contributed by atoms with Gasteiger partial charge in [-0.15, -0.1) is 5.10 Å². The first-order chi connectivity index (χ1) is 14.6. The molecular formula is C20H24F3N7O. The van der Waals surface area contributed by atoms with Crippen LogP contribution in [0.15, 0.2) is 18.3 Å². The highest BCUT2D eigenvalue weighted by molar-refractivity contribution is 5.74. The second-order valence-corrected chi connectivity index (χ2v) is 7.80. The van der Waals surface area contributed by atoms with E-state index in [1.807, 2.05) is 36.9 Å². The van der Waals surface area contributed by atoms with E-state index < -0.39 is 11.7 Å². The van der Waals surface area contributed by atoms with Gasteiger partial charge in [0.2, 0.25) is 0 Å². The van der Waals surface area contributed by atoms with Crippen LogP contribution in [0.4, 0.5) is 24.8 Å². The number of nitrogen functional groups attached to an aromatic ring is 1. The first kappa shape index (κ1) is 21.3. The van der Waals surface area contributed by atoms with Crippen molar-refractivity contribution in [2.24, 2.45) is 0 Å². The van der Waals surface area contributed by atoms with Crippen LogP contribution in [0, 0.1) is 6.92 Å². The molecule has 0 bridgehead atoms. The predicted molar refractivity (Wildman–Crippen MR) is 111 cm³/mol. The number of nitrogens with zero attached hydrogens (tertiary/aromatic N) is 6. The number of alkyl halides is 3. The van der Waals surface area contributed by atoms with E-state index in [9.17, 15) is 13.2 Å². The lowest BCUT2D eigenvalue weighted by Gasteiger charge is -2.28. The molecule has 3 aromatic heterocycles. The average molecular weight is 435 g/mol. The van der Waals surface area contributed by atoms with E-state index in [0.717, 1.165) is 29.0 Å². The summed E-state index contributed by atoms with van der Waals surface area (Å²) in [5, 5.41) is 4.48. The van der Waals surface area contributed by atoms with Gasteiger partial charge in [0.05, 0.1) is 24.3 Å². The van der Waals surface area contributed by atoms with E-state index in [4.69, 9.17) is 10.5 Å². The van der Waals surface area contributed by atoms with Crippen molar-refractivity contribution in [1.29, 1.82) is 0 Å². The fourth-order valence-corrected chi connectivity index (χ4v) is 3.72. The molecule has 0 amide bonds. The Balaban J connectivity index is 1.96. The van der Waals surface area contributed by atoms with Gasteiger partial charge in [0.15, 0.2) is 11.6 Å². The van der Waals surface area contributed by atoms with Gasteiger partial charge in [-0.3, -0.25) is 0 Å². The lowest BCUT2D eigenvalue weighted by Crippen LogP contribution is -2.37. The third-order valence-electron chi connectivity index (χ3n) is 5.23. The summed E-state index contributed by atoms with van der Waals surface area (Å²) >= 11 is 0. The van der Waals surface area contributed by atoms with E-state index in [1.165, 1.54) is 0 Å². The number of nitrogens with two attached hydrogens (primary N) is 1. The van der Waals surface area contributed by atoms with Crippen molar-refractivity contribution in [2.75, 3.05) is 51.0 Å². The zero-order valence-electron chi connectivity index (χ0n) is 17.6.